The van der Waals surface area contributed by atoms with Crippen LogP contribution in [-0.2, 0) is 0 Å². The van der Waals surface area contributed by atoms with Crippen LogP contribution in [0, 0.1) is 13.8 Å². The van der Waals surface area contributed by atoms with Gasteiger partial charge in [-0.15, -0.1) is 0 Å². The standard InChI is InChI=1S/C53H36N4O/c1-33-15-9-10-20-39(33)43-31-36(28-27-34(43)2)37-29-30-45-44(32-37)49-41(22-13-24-46(49)57(45)38-18-7-4-8-19-38)52-54-51(35-16-5-3-6-17-35)55-53(56-52)42-23-14-26-48-50(42)40-21-11-12-25-47(40)58-48/h3-32H,1-2H3. The van der Waals surface area contributed by atoms with Crippen LogP contribution in [0.1, 0.15) is 11.1 Å². The summed E-state index contributed by atoms with van der Waals surface area (Å²) >= 11 is 0. The predicted molar refractivity (Wildman–Crippen MR) is 238 cm³/mol. The SMILES string of the molecule is Cc1ccccc1-c1cc(-c2ccc3c(c2)c2c(-c4nc(-c5ccccc5)nc(-c5cccc6oc7ccccc7c56)n4)cccc2n3-c2ccccc2)ccc1C. The van der Waals surface area contributed by atoms with Gasteiger partial charge in [0, 0.05) is 43.9 Å². The molecule has 0 aliphatic rings. The van der Waals surface area contributed by atoms with Gasteiger partial charge in [0.25, 0.3) is 0 Å². The summed E-state index contributed by atoms with van der Waals surface area (Å²) in [6, 6.07) is 63.7. The zero-order valence-electron chi connectivity index (χ0n) is 32.0. The Balaban J connectivity index is 1.19. The fourth-order valence-electron chi connectivity index (χ4n) is 8.55. The highest BCUT2D eigenvalue weighted by molar-refractivity contribution is 6.16. The van der Waals surface area contributed by atoms with Gasteiger partial charge in [0.2, 0.25) is 0 Å². The van der Waals surface area contributed by atoms with Gasteiger partial charge in [0.15, 0.2) is 17.5 Å². The molecule has 3 heterocycles. The van der Waals surface area contributed by atoms with Gasteiger partial charge < -0.3 is 8.98 Å². The number of aromatic nitrogens is 4. The van der Waals surface area contributed by atoms with E-state index in [-0.39, 0.29) is 0 Å². The second-order valence-electron chi connectivity index (χ2n) is 14.9. The molecule has 5 nitrogen and oxygen atoms in total. The molecule has 8 aromatic carbocycles. The van der Waals surface area contributed by atoms with Crippen LogP contribution in [0.2, 0.25) is 0 Å². The van der Waals surface area contributed by atoms with Crippen molar-refractivity contribution in [2.45, 2.75) is 13.8 Å². The number of para-hydroxylation sites is 2. The fraction of sp³-hybridized carbons (Fsp3) is 0.0377. The molecule has 0 saturated carbocycles. The van der Waals surface area contributed by atoms with E-state index >= 15 is 0 Å². The summed E-state index contributed by atoms with van der Waals surface area (Å²) in [7, 11) is 0. The number of rotatable bonds is 6. The normalized spacial score (nSPS) is 11.6. The maximum absolute atomic E-state index is 6.31. The first kappa shape index (κ1) is 33.7. The van der Waals surface area contributed by atoms with Crippen LogP contribution < -0.4 is 0 Å². The molecule has 0 atom stereocenters. The summed E-state index contributed by atoms with van der Waals surface area (Å²) in [6.45, 7) is 4.37. The van der Waals surface area contributed by atoms with E-state index in [1.807, 2.05) is 48.5 Å². The van der Waals surface area contributed by atoms with Crippen molar-refractivity contribution in [2.75, 3.05) is 0 Å². The average molecular weight is 745 g/mol. The number of hydrogen-bond donors (Lipinski definition) is 0. The van der Waals surface area contributed by atoms with Crippen molar-refractivity contribution in [1.82, 2.24) is 19.5 Å². The van der Waals surface area contributed by atoms with Gasteiger partial charge in [-0.25, -0.2) is 15.0 Å². The molecule has 0 unspecified atom stereocenters. The second kappa shape index (κ2) is 13.5. The minimum Gasteiger partial charge on any atom is -0.456 e. The molecule has 0 spiro atoms. The largest absolute Gasteiger partial charge is 0.456 e. The van der Waals surface area contributed by atoms with Crippen molar-refractivity contribution in [3.63, 3.8) is 0 Å². The summed E-state index contributed by atoms with van der Waals surface area (Å²) in [5, 5.41) is 4.22. The van der Waals surface area contributed by atoms with Crippen LogP contribution >= 0.6 is 0 Å². The molecular weight excluding hydrogens is 709 g/mol. The molecule has 0 radical (unpaired) electrons. The number of hydrogen-bond acceptors (Lipinski definition) is 4. The molecule has 11 rings (SSSR count). The van der Waals surface area contributed by atoms with Crippen molar-refractivity contribution in [3.05, 3.63) is 193 Å². The van der Waals surface area contributed by atoms with Gasteiger partial charge in [-0.2, -0.15) is 0 Å². The molecule has 0 fully saturated rings. The van der Waals surface area contributed by atoms with E-state index in [0.29, 0.717) is 17.5 Å². The Morgan fingerprint density at radius 1 is 0.379 bits per heavy atom. The Hall–Kier alpha value is -7.63. The monoisotopic (exact) mass is 744 g/mol. The third kappa shape index (κ3) is 5.51. The lowest BCUT2D eigenvalue weighted by Gasteiger charge is -2.12. The quantitative estimate of drug-likeness (QED) is 0.170. The number of benzene rings is 8. The van der Waals surface area contributed by atoms with Gasteiger partial charge in [-0.1, -0.05) is 133 Å². The highest BCUT2D eigenvalue weighted by Gasteiger charge is 2.22. The number of aryl methyl sites for hydroxylation is 2. The Bertz CT molecular complexity index is 3360. The van der Waals surface area contributed by atoms with Gasteiger partial charge in [-0.3, -0.25) is 0 Å². The van der Waals surface area contributed by atoms with E-state index in [1.165, 1.54) is 22.3 Å². The maximum Gasteiger partial charge on any atom is 0.164 e. The summed E-state index contributed by atoms with van der Waals surface area (Å²) in [4.78, 5) is 15.8. The number of nitrogens with zero attached hydrogens (tertiary/aromatic N) is 4. The smallest absolute Gasteiger partial charge is 0.164 e. The van der Waals surface area contributed by atoms with Crippen molar-refractivity contribution in [1.29, 1.82) is 0 Å². The lowest BCUT2D eigenvalue weighted by Crippen LogP contribution is -2.01. The lowest BCUT2D eigenvalue weighted by atomic mass is 9.92. The van der Waals surface area contributed by atoms with Gasteiger partial charge in [0.1, 0.15) is 11.2 Å². The molecule has 11 aromatic rings. The van der Waals surface area contributed by atoms with E-state index in [1.54, 1.807) is 0 Å². The summed E-state index contributed by atoms with van der Waals surface area (Å²) < 4.78 is 8.67. The lowest BCUT2D eigenvalue weighted by molar-refractivity contribution is 0.669. The topological polar surface area (TPSA) is 56.7 Å². The van der Waals surface area contributed by atoms with Crippen LogP contribution in [0.5, 0.6) is 0 Å². The molecule has 0 bridgehead atoms. The third-order valence-corrected chi connectivity index (χ3v) is 11.4. The maximum atomic E-state index is 6.31. The average Bonchev–Trinajstić information content (AvgIpc) is 3.83. The van der Waals surface area contributed by atoms with Crippen molar-refractivity contribution < 1.29 is 4.42 Å². The molecule has 5 heteroatoms. The Kier molecular flexibility index (Phi) is 7.86. The van der Waals surface area contributed by atoms with Gasteiger partial charge in [0.05, 0.1) is 11.0 Å². The second-order valence-corrected chi connectivity index (χ2v) is 14.9. The molecule has 58 heavy (non-hydrogen) atoms. The number of furan rings is 1. The first-order chi connectivity index (χ1) is 28.6. The Morgan fingerprint density at radius 3 is 1.79 bits per heavy atom. The Labute approximate surface area is 335 Å². The van der Waals surface area contributed by atoms with Crippen molar-refractivity contribution >= 4 is 43.7 Å². The third-order valence-electron chi connectivity index (χ3n) is 11.4. The molecular formula is C53H36N4O. The van der Waals surface area contributed by atoms with E-state index in [9.17, 15) is 0 Å². The summed E-state index contributed by atoms with van der Waals surface area (Å²) in [5.41, 5.74) is 15.0. The molecule has 3 aromatic heterocycles. The van der Waals surface area contributed by atoms with Crippen molar-refractivity contribution in [3.8, 4) is 62.1 Å². The zero-order valence-corrected chi connectivity index (χ0v) is 32.0. The van der Waals surface area contributed by atoms with E-state index in [4.69, 9.17) is 19.4 Å². The molecule has 0 aliphatic heterocycles. The summed E-state index contributed by atoms with van der Waals surface area (Å²) in [5.74, 6) is 1.81. The molecule has 0 aliphatic carbocycles. The minimum absolute atomic E-state index is 0.592. The highest BCUT2D eigenvalue weighted by Crippen LogP contribution is 2.42. The van der Waals surface area contributed by atoms with Crippen LogP contribution in [0.15, 0.2) is 186 Å². The molecule has 0 amide bonds. The van der Waals surface area contributed by atoms with Crippen LogP contribution in [0.25, 0.3) is 106 Å². The molecule has 0 saturated heterocycles. The van der Waals surface area contributed by atoms with Crippen LogP contribution in [0.3, 0.4) is 0 Å². The highest BCUT2D eigenvalue weighted by atomic mass is 16.3. The van der Waals surface area contributed by atoms with Crippen molar-refractivity contribution in [2.24, 2.45) is 0 Å². The van der Waals surface area contributed by atoms with E-state index < -0.39 is 0 Å². The number of fused-ring (bicyclic) bond motifs is 6. The minimum atomic E-state index is 0.592. The zero-order chi connectivity index (χ0) is 38.7. The van der Waals surface area contributed by atoms with Gasteiger partial charge >= 0.3 is 0 Å². The first-order valence-corrected chi connectivity index (χ1v) is 19.6. The predicted octanol–water partition coefficient (Wildman–Crippen LogP) is 13.8. The molecule has 274 valence electrons. The first-order valence-electron chi connectivity index (χ1n) is 19.6. The van der Waals surface area contributed by atoms with Crippen LogP contribution in [-0.4, -0.2) is 19.5 Å². The van der Waals surface area contributed by atoms with E-state index in [0.717, 1.165) is 77.2 Å². The summed E-state index contributed by atoms with van der Waals surface area (Å²) in [6.07, 6.45) is 0. The van der Waals surface area contributed by atoms with E-state index in [2.05, 4.69) is 152 Å². The molecule has 0 N–H and O–H groups in total. The Morgan fingerprint density at radius 2 is 0.983 bits per heavy atom. The van der Waals surface area contributed by atoms with Gasteiger partial charge in [-0.05, 0) is 95.8 Å². The van der Waals surface area contributed by atoms with Crippen LogP contribution in [0.4, 0.5) is 0 Å². The fourth-order valence-corrected chi connectivity index (χ4v) is 8.55.